The average molecular weight is 1100 g/mol. The number of benzene rings is 3. The van der Waals surface area contributed by atoms with Crippen molar-refractivity contribution in [3.05, 3.63) is 89.5 Å². The molecule has 0 aliphatic rings. The standard InChI is InChI=1S/C47H57Br3O15/c1-41(2,48)35(54)60-26-44(7,23-51)38(57)63-32-17-11-29(12-18-32)47(10,30-13-19-33(20-14-30)64-39(58)45(8,24-52)27-61-36(55)42(3,4)49)31-15-21-34(22-16-31)65-40(59)46(9,25-53)28-62-37(56)43(5,6)50/h11-22,51-53H,23-28H2,1-10H3. The summed E-state index contributed by atoms with van der Waals surface area (Å²) in [5.74, 6) is -4.01. The van der Waals surface area contributed by atoms with Crippen LogP contribution in [0.25, 0.3) is 0 Å². The molecule has 356 valence electrons. The molecule has 0 aliphatic heterocycles. The largest absolute Gasteiger partial charge is 0.463 e. The molecule has 0 aliphatic carbocycles. The van der Waals surface area contributed by atoms with E-state index in [2.05, 4.69) is 47.8 Å². The molecule has 0 amide bonds. The molecule has 0 bridgehead atoms. The van der Waals surface area contributed by atoms with E-state index in [1.54, 1.807) is 114 Å². The fraction of sp³-hybridized carbons (Fsp3) is 0.489. The summed E-state index contributed by atoms with van der Waals surface area (Å²) in [6, 6.07) is 19.7. The first-order valence-corrected chi connectivity index (χ1v) is 22.7. The van der Waals surface area contributed by atoms with Crippen molar-refractivity contribution in [1.82, 2.24) is 0 Å². The van der Waals surface area contributed by atoms with E-state index in [4.69, 9.17) is 28.4 Å². The number of rotatable bonds is 21. The van der Waals surface area contributed by atoms with Crippen molar-refractivity contribution in [3.8, 4) is 17.2 Å². The fourth-order valence-corrected chi connectivity index (χ4v) is 5.80. The van der Waals surface area contributed by atoms with Gasteiger partial charge in [0.1, 0.15) is 66.3 Å². The fourth-order valence-electron chi connectivity index (χ4n) is 5.46. The number of esters is 6. The van der Waals surface area contributed by atoms with Crippen LogP contribution < -0.4 is 14.2 Å². The van der Waals surface area contributed by atoms with Crippen molar-refractivity contribution < 1.29 is 72.5 Å². The maximum atomic E-state index is 13.3. The highest BCUT2D eigenvalue weighted by molar-refractivity contribution is 9.10. The summed E-state index contributed by atoms with van der Waals surface area (Å²) in [6.45, 7) is 12.3. The van der Waals surface area contributed by atoms with E-state index in [1.807, 2.05) is 6.92 Å². The maximum absolute atomic E-state index is 13.3. The van der Waals surface area contributed by atoms with Crippen molar-refractivity contribution in [2.24, 2.45) is 16.2 Å². The molecule has 0 heterocycles. The molecule has 0 radical (unpaired) electrons. The van der Waals surface area contributed by atoms with E-state index < -0.39 is 110 Å². The van der Waals surface area contributed by atoms with Crippen LogP contribution in [-0.4, -0.2) is 104 Å². The number of alkyl halides is 3. The first-order valence-electron chi connectivity index (χ1n) is 20.3. The van der Waals surface area contributed by atoms with Gasteiger partial charge in [0, 0.05) is 5.41 Å². The molecule has 3 atom stereocenters. The van der Waals surface area contributed by atoms with Crippen LogP contribution in [-0.2, 0) is 48.4 Å². The van der Waals surface area contributed by atoms with Gasteiger partial charge in [-0.2, -0.15) is 0 Å². The normalized spacial score (nSPS) is 15.7. The Morgan fingerprint density at radius 2 is 0.585 bits per heavy atom. The van der Waals surface area contributed by atoms with Crippen molar-refractivity contribution in [2.75, 3.05) is 39.6 Å². The number of halogens is 3. The number of aliphatic hydroxyl groups is 3. The highest BCUT2D eigenvalue weighted by Crippen LogP contribution is 2.41. The zero-order valence-corrected chi connectivity index (χ0v) is 42.8. The van der Waals surface area contributed by atoms with Crippen molar-refractivity contribution >= 4 is 83.6 Å². The Morgan fingerprint density at radius 3 is 0.754 bits per heavy atom. The lowest BCUT2D eigenvalue weighted by Gasteiger charge is -2.32. The minimum atomic E-state index is -1.58. The Morgan fingerprint density at radius 1 is 0.385 bits per heavy atom. The van der Waals surface area contributed by atoms with Crippen LogP contribution in [0.3, 0.4) is 0 Å². The second-order valence-electron chi connectivity index (χ2n) is 18.2. The molecule has 65 heavy (non-hydrogen) atoms. The van der Waals surface area contributed by atoms with Crippen molar-refractivity contribution in [1.29, 1.82) is 0 Å². The minimum Gasteiger partial charge on any atom is -0.463 e. The van der Waals surface area contributed by atoms with Gasteiger partial charge in [0.05, 0.1) is 19.8 Å². The third-order valence-corrected chi connectivity index (χ3v) is 11.4. The average Bonchev–Trinajstić information content (AvgIpc) is 3.25. The monoisotopic (exact) mass is 1100 g/mol. The number of carbonyl (C=O) groups is 6. The molecule has 3 rings (SSSR count). The van der Waals surface area contributed by atoms with Gasteiger partial charge in [0.25, 0.3) is 0 Å². The van der Waals surface area contributed by atoms with E-state index in [-0.39, 0.29) is 17.2 Å². The molecule has 0 aromatic heterocycles. The van der Waals surface area contributed by atoms with Crippen LogP contribution in [0.5, 0.6) is 17.2 Å². The number of hydrogen-bond donors (Lipinski definition) is 3. The van der Waals surface area contributed by atoms with Gasteiger partial charge in [0.15, 0.2) is 0 Å². The molecule has 3 aromatic carbocycles. The lowest BCUT2D eigenvalue weighted by Crippen LogP contribution is -2.42. The van der Waals surface area contributed by atoms with Crippen LogP contribution in [0.1, 0.15) is 85.9 Å². The number of ether oxygens (including phenoxy) is 6. The van der Waals surface area contributed by atoms with Crippen LogP contribution in [0, 0.1) is 16.2 Å². The SMILES string of the molecule is CC(C)(Br)C(=O)OCC(C)(CO)C(=O)Oc1ccc(C(C)(c2ccc(OC(=O)C(C)(CO)COC(=O)C(C)(C)Br)cc2)c2ccc(OC(=O)C(C)(CO)COC(=O)C(C)(C)Br)cc2)cc1. The van der Waals surface area contributed by atoms with Crippen molar-refractivity contribution in [3.63, 3.8) is 0 Å². The van der Waals surface area contributed by atoms with E-state index in [9.17, 15) is 44.1 Å². The minimum absolute atomic E-state index is 0.132. The third kappa shape index (κ3) is 14.2. The van der Waals surface area contributed by atoms with Gasteiger partial charge in [-0.25, -0.2) is 0 Å². The van der Waals surface area contributed by atoms with E-state index in [1.165, 1.54) is 20.8 Å². The second-order valence-corrected chi connectivity index (χ2v) is 24.1. The Balaban J connectivity index is 1.99. The smallest absolute Gasteiger partial charge is 0.323 e. The molecule has 0 saturated heterocycles. The topological polar surface area (TPSA) is 218 Å². The van der Waals surface area contributed by atoms with Gasteiger partial charge >= 0.3 is 35.8 Å². The molecule has 0 fully saturated rings. The molecule has 0 spiro atoms. The van der Waals surface area contributed by atoms with Crippen LogP contribution >= 0.6 is 47.8 Å². The summed E-state index contributed by atoms with van der Waals surface area (Å²) in [6.07, 6.45) is 0. The Hall–Kier alpha value is -4.20. The number of aliphatic hydroxyl groups excluding tert-OH is 3. The first-order chi connectivity index (χ1) is 29.9. The van der Waals surface area contributed by atoms with Gasteiger partial charge in [-0.3, -0.25) is 28.8 Å². The quantitative estimate of drug-likeness (QED) is 0.0325. The highest BCUT2D eigenvalue weighted by atomic mass is 79.9. The Labute approximate surface area is 404 Å². The molecule has 3 unspecified atom stereocenters. The van der Waals surface area contributed by atoms with Gasteiger partial charge in [-0.05, 0) is 122 Å². The Bertz CT molecular complexity index is 1930. The van der Waals surface area contributed by atoms with Gasteiger partial charge in [-0.1, -0.05) is 84.2 Å². The summed E-state index contributed by atoms with van der Waals surface area (Å²) in [7, 11) is 0. The molecular weight excluding hydrogens is 1040 g/mol. The van der Waals surface area contributed by atoms with Gasteiger partial charge in [0.2, 0.25) is 0 Å². The molecule has 18 heteroatoms. The van der Waals surface area contributed by atoms with Crippen LogP contribution in [0.2, 0.25) is 0 Å². The summed E-state index contributed by atoms with van der Waals surface area (Å²) in [5, 5.41) is 30.3. The zero-order chi connectivity index (χ0) is 49.4. The Kier molecular flexibility index (Phi) is 18.3. The maximum Gasteiger partial charge on any atom is 0.323 e. The second kappa shape index (κ2) is 21.6. The lowest BCUT2D eigenvalue weighted by atomic mass is 9.71. The molecule has 3 aromatic rings. The molecule has 3 N–H and O–H groups in total. The first kappa shape index (κ1) is 55.1. The third-order valence-electron chi connectivity index (χ3n) is 10.5. The van der Waals surface area contributed by atoms with E-state index in [0.29, 0.717) is 16.7 Å². The van der Waals surface area contributed by atoms with E-state index >= 15 is 0 Å². The molecule has 0 saturated carbocycles. The van der Waals surface area contributed by atoms with Crippen molar-refractivity contribution in [2.45, 2.75) is 87.6 Å². The predicted molar refractivity (Wildman–Crippen MR) is 249 cm³/mol. The van der Waals surface area contributed by atoms with Crippen LogP contribution in [0.4, 0.5) is 0 Å². The van der Waals surface area contributed by atoms with E-state index in [0.717, 1.165) is 0 Å². The summed E-state index contributed by atoms with van der Waals surface area (Å²) in [4.78, 5) is 77.0. The van der Waals surface area contributed by atoms with Gasteiger partial charge < -0.3 is 43.7 Å². The molecule has 15 nitrogen and oxygen atoms in total. The summed E-state index contributed by atoms with van der Waals surface area (Å²) >= 11 is 9.65. The molecular formula is C47H57Br3O15. The zero-order valence-electron chi connectivity index (χ0n) is 38.0. The summed E-state index contributed by atoms with van der Waals surface area (Å²) in [5.41, 5.74) is -3.70. The summed E-state index contributed by atoms with van der Waals surface area (Å²) < 4.78 is 29.7. The lowest BCUT2D eigenvalue weighted by molar-refractivity contribution is -0.161. The van der Waals surface area contributed by atoms with Gasteiger partial charge in [-0.15, -0.1) is 0 Å². The number of carbonyl (C=O) groups excluding carboxylic acids is 6. The van der Waals surface area contributed by atoms with Crippen LogP contribution in [0.15, 0.2) is 72.8 Å². The highest BCUT2D eigenvalue weighted by Gasteiger charge is 2.41. The predicted octanol–water partition coefficient (Wildman–Crippen LogP) is 6.90. The number of hydrogen-bond acceptors (Lipinski definition) is 15.